The lowest BCUT2D eigenvalue weighted by Crippen LogP contribution is -2.29. The lowest BCUT2D eigenvalue weighted by atomic mass is 9.68. The van der Waals surface area contributed by atoms with E-state index < -0.39 is 0 Å². The summed E-state index contributed by atoms with van der Waals surface area (Å²) in [5.74, 6) is 3.66. The summed E-state index contributed by atoms with van der Waals surface area (Å²) in [5, 5.41) is 0. The van der Waals surface area contributed by atoms with Crippen LogP contribution in [0.4, 0.5) is 0 Å². The number of epoxide rings is 2. The summed E-state index contributed by atoms with van der Waals surface area (Å²) in [7, 11) is 2.82. The van der Waals surface area contributed by atoms with Crippen molar-refractivity contribution in [2.24, 2.45) is 0 Å². The van der Waals surface area contributed by atoms with Gasteiger partial charge in [0.05, 0.1) is 13.2 Å². The maximum Gasteiger partial charge on any atom is 0.119 e. The predicted octanol–water partition coefficient (Wildman–Crippen LogP) is 5.68. The molecule has 0 saturated carbocycles. The molecule has 0 radical (unpaired) electrons. The van der Waals surface area contributed by atoms with Crippen molar-refractivity contribution in [1.82, 2.24) is 0 Å². The van der Waals surface area contributed by atoms with E-state index in [2.05, 4.69) is 90.1 Å². The van der Waals surface area contributed by atoms with Gasteiger partial charge in [0.2, 0.25) is 0 Å². The van der Waals surface area contributed by atoms with Gasteiger partial charge in [-0.1, -0.05) is 68.7 Å². The molecule has 3 aliphatic rings. The summed E-state index contributed by atoms with van der Waals surface area (Å²) in [6, 6.07) is 17.4. The van der Waals surface area contributed by atoms with Crippen LogP contribution in [-0.2, 0) is 25.0 Å². The minimum Gasteiger partial charge on any atom is -0.491 e. The number of allylic oxidation sites excluding steroid dienone is 3. The number of fused-ring (bicyclic) bond motifs is 1. The fourth-order valence-electron chi connectivity index (χ4n) is 5.10. The quantitative estimate of drug-likeness (QED) is 0.192. The van der Waals surface area contributed by atoms with E-state index in [0.717, 1.165) is 25.4 Å². The van der Waals surface area contributed by atoms with Crippen LogP contribution < -0.4 is 4.74 Å². The number of hydrogen-bond donors (Lipinski definition) is 0. The molecular formula is C29H33O4P. The second-order valence-corrected chi connectivity index (χ2v) is 10.3. The van der Waals surface area contributed by atoms with Gasteiger partial charge in [-0.3, -0.25) is 0 Å². The van der Waals surface area contributed by atoms with Crippen molar-refractivity contribution < 1.29 is 18.9 Å². The van der Waals surface area contributed by atoms with E-state index in [1.165, 1.54) is 22.3 Å². The lowest BCUT2D eigenvalue weighted by Gasteiger charge is -2.34. The molecule has 2 aromatic carbocycles. The molecule has 0 N–H and O–H groups in total. The van der Waals surface area contributed by atoms with Gasteiger partial charge in [-0.05, 0) is 52.3 Å². The monoisotopic (exact) mass is 476 g/mol. The van der Waals surface area contributed by atoms with Gasteiger partial charge in [-0.15, -0.1) is 9.24 Å². The molecule has 4 nitrogen and oxygen atoms in total. The first kappa shape index (κ1) is 23.4. The fraction of sp³-hybridized carbons (Fsp3) is 0.379. The van der Waals surface area contributed by atoms with Crippen molar-refractivity contribution >= 4 is 9.24 Å². The molecule has 34 heavy (non-hydrogen) atoms. The second kappa shape index (κ2) is 9.34. The van der Waals surface area contributed by atoms with E-state index in [1.807, 2.05) is 6.08 Å². The zero-order valence-electron chi connectivity index (χ0n) is 20.0. The third-order valence-electron chi connectivity index (χ3n) is 6.99. The Balaban J connectivity index is 1.50. The summed E-state index contributed by atoms with van der Waals surface area (Å²) in [4.78, 5) is 0. The average molecular weight is 477 g/mol. The van der Waals surface area contributed by atoms with Crippen LogP contribution in [0.15, 0.2) is 84.4 Å². The predicted molar refractivity (Wildman–Crippen MR) is 138 cm³/mol. The van der Waals surface area contributed by atoms with Crippen molar-refractivity contribution in [1.29, 1.82) is 0 Å². The number of rotatable bonds is 10. The van der Waals surface area contributed by atoms with Crippen LogP contribution in [0.3, 0.4) is 0 Å². The molecule has 4 unspecified atom stereocenters. The highest BCUT2D eigenvalue weighted by atomic mass is 31.0. The minimum absolute atomic E-state index is 0.0265. The van der Waals surface area contributed by atoms with Crippen LogP contribution in [0.2, 0.25) is 0 Å². The lowest BCUT2D eigenvalue weighted by molar-refractivity contribution is 0.194. The Morgan fingerprint density at radius 2 is 1.65 bits per heavy atom. The van der Waals surface area contributed by atoms with Gasteiger partial charge in [0.1, 0.15) is 36.9 Å². The van der Waals surface area contributed by atoms with Gasteiger partial charge in [-0.25, -0.2) is 0 Å². The van der Waals surface area contributed by atoms with E-state index in [0.29, 0.717) is 19.0 Å². The first-order valence-corrected chi connectivity index (χ1v) is 12.6. The fourth-order valence-corrected chi connectivity index (χ4v) is 5.50. The minimum atomic E-state index is -0.295. The maximum atomic E-state index is 5.91. The van der Waals surface area contributed by atoms with Crippen molar-refractivity contribution in [2.75, 3.05) is 26.4 Å². The normalized spacial score (nSPS) is 26.9. The molecule has 2 aromatic rings. The largest absolute Gasteiger partial charge is 0.491 e. The highest BCUT2D eigenvalue weighted by molar-refractivity contribution is 7.20. The summed E-state index contributed by atoms with van der Waals surface area (Å²) < 4.78 is 22.2. The van der Waals surface area contributed by atoms with Crippen LogP contribution in [0.5, 0.6) is 5.75 Å². The molecule has 4 atom stereocenters. The molecule has 178 valence electrons. The summed E-state index contributed by atoms with van der Waals surface area (Å²) in [5.41, 5.74) is 4.91. The third-order valence-corrected chi connectivity index (χ3v) is 7.35. The zero-order chi connectivity index (χ0) is 23.8. The molecule has 2 aliphatic heterocycles. The van der Waals surface area contributed by atoms with Crippen LogP contribution in [0.25, 0.3) is 0 Å². The van der Waals surface area contributed by atoms with E-state index in [4.69, 9.17) is 18.9 Å². The standard InChI is InChI=1S/C29H33O4P/c1-20(30-14-24-16-32-24)8-9-22(18-34)29(19-28(2,3)26-6-4-5-7-27(26)29)21-10-12-23(13-11-21)31-15-25-17-33-25/h4-13,18,24-25H,1,14-17,19,34H2,2-3H3/b9-8-,22-18+. The van der Waals surface area contributed by atoms with Gasteiger partial charge >= 0.3 is 0 Å². The van der Waals surface area contributed by atoms with Crippen LogP contribution in [-0.4, -0.2) is 38.6 Å². The SMILES string of the molecule is C=C(/C=C\C(=C/P)C1(c2ccc(OCC3CO3)cc2)CC(C)(C)c2ccccc21)OCC1CO1. The second-order valence-electron chi connectivity index (χ2n) is 9.99. The summed E-state index contributed by atoms with van der Waals surface area (Å²) in [6.07, 6.45) is 5.54. The molecule has 0 aromatic heterocycles. The Kier molecular flexibility index (Phi) is 6.41. The Labute approximate surface area is 204 Å². The van der Waals surface area contributed by atoms with E-state index >= 15 is 0 Å². The molecule has 5 heteroatoms. The topological polar surface area (TPSA) is 43.5 Å². The number of hydrogen-bond acceptors (Lipinski definition) is 4. The van der Waals surface area contributed by atoms with Crippen LogP contribution in [0.1, 0.15) is 37.0 Å². The van der Waals surface area contributed by atoms with Crippen LogP contribution in [0, 0.1) is 0 Å². The van der Waals surface area contributed by atoms with Gasteiger partial charge in [-0.2, -0.15) is 0 Å². The van der Waals surface area contributed by atoms with Crippen molar-refractivity contribution in [3.05, 3.63) is 101 Å². The first-order valence-electron chi connectivity index (χ1n) is 11.9. The molecular weight excluding hydrogens is 443 g/mol. The van der Waals surface area contributed by atoms with Crippen molar-refractivity contribution in [3.8, 4) is 5.75 Å². The molecule has 0 spiro atoms. The zero-order valence-corrected chi connectivity index (χ0v) is 21.1. The van der Waals surface area contributed by atoms with Gasteiger partial charge < -0.3 is 18.9 Å². The summed E-state index contributed by atoms with van der Waals surface area (Å²) >= 11 is 0. The molecule has 2 saturated heterocycles. The average Bonchev–Trinajstić information content (AvgIpc) is 3.76. The molecule has 0 bridgehead atoms. The smallest absolute Gasteiger partial charge is 0.119 e. The van der Waals surface area contributed by atoms with E-state index in [-0.39, 0.29) is 23.0 Å². The Hall–Kier alpha value is -2.39. The van der Waals surface area contributed by atoms with Gasteiger partial charge in [0, 0.05) is 5.41 Å². The number of ether oxygens (including phenoxy) is 4. The van der Waals surface area contributed by atoms with Crippen molar-refractivity contribution in [3.63, 3.8) is 0 Å². The first-order chi connectivity index (χ1) is 16.4. The Morgan fingerprint density at radius 3 is 2.29 bits per heavy atom. The van der Waals surface area contributed by atoms with Crippen LogP contribution >= 0.6 is 9.24 Å². The van der Waals surface area contributed by atoms with Gasteiger partial charge in [0.25, 0.3) is 0 Å². The highest BCUT2D eigenvalue weighted by Gasteiger charge is 2.50. The molecule has 5 rings (SSSR count). The molecule has 0 amide bonds. The van der Waals surface area contributed by atoms with E-state index in [1.54, 1.807) is 0 Å². The molecule has 2 fully saturated rings. The van der Waals surface area contributed by atoms with Gasteiger partial charge in [0.15, 0.2) is 0 Å². The van der Waals surface area contributed by atoms with Crippen molar-refractivity contribution in [2.45, 2.75) is 43.3 Å². The van der Waals surface area contributed by atoms with E-state index in [9.17, 15) is 0 Å². The maximum absolute atomic E-state index is 5.91. The third kappa shape index (κ3) is 4.73. The Bertz CT molecular complexity index is 1110. The highest BCUT2D eigenvalue weighted by Crippen LogP contribution is 2.57. The molecule has 2 heterocycles. The number of benzene rings is 2. The Morgan fingerprint density at radius 1 is 1.00 bits per heavy atom. The molecule has 1 aliphatic carbocycles. The summed E-state index contributed by atoms with van der Waals surface area (Å²) in [6.45, 7) is 11.5.